The van der Waals surface area contributed by atoms with E-state index in [4.69, 9.17) is 0 Å². The molecular formula is C23H30N2O4S2. The Morgan fingerprint density at radius 2 is 1.81 bits per heavy atom. The maximum Gasteiger partial charge on any atom is 0.327 e. The number of aliphatic carboxylic acids is 1. The lowest BCUT2D eigenvalue weighted by Gasteiger charge is -2.51. The molecule has 2 N–H and O–H groups in total. The van der Waals surface area contributed by atoms with Crippen molar-refractivity contribution < 1.29 is 19.5 Å². The van der Waals surface area contributed by atoms with Crippen LogP contribution >= 0.6 is 23.5 Å². The van der Waals surface area contributed by atoms with E-state index >= 15 is 0 Å². The number of rotatable bonds is 6. The maximum absolute atomic E-state index is 13.5. The third kappa shape index (κ3) is 3.97. The summed E-state index contributed by atoms with van der Waals surface area (Å²) < 4.78 is -0.615. The molecule has 3 fully saturated rings. The molecule has 1 aromatic rings. The molecule has 2 aliphatic heterocycles. The first-order valence-corrected chi connectivity index (χ1v) is 12.7. The van der Waals surface area contributed by atoms with Gasteiger partial charge in [0.2, 0.25) is 5.91 Å². The van der Waals surface area contributed by atoms with E-state index in [0.717, 1.165) is 30.6 Å². The molecule has 0 aromatic heterocycles. The van der Waals surface area contributed by atoms with Gasteiger partial charge >= 0.3 is 5.97 Å². The van der Waals surface area contributed by atoms with Crippen molar-refractivity contribution in [3.8, 4) is 0 Å². The van der Waals surface area contributed by atoms with E-state index < -0.39 is 22.3 Å². The molecule has 0 spiro atoms. The number of nitrogens with one attached hydrogen (secondary N) is 1. The minimum Gasteiger partial charge on any atom is -0.480 e. The second kappa shape index (κ2) is 8.35. The molecule has 4 atom stereocenters. The Morgan fingerprint density at radius 3 is 2.42 bits per heavy atom. The monoisotopic (exact) mass is 462 g/mol. The van der Waals surface area contributed by atoms with Gasteiger partial charge in [-0.15, -0.1) is 23.5 Å². The van der Waals surface area contributed by atoms with E-state index in [2.05, 4.69) is 5.32 Å². The second-order valence-electron chi connectivity index (χ2n) is 9.47. The molecule has 1 aromatic carbocycles. The van der Waals surface area contributed by atoms with Gasteiger partial charge in [-0.05, 0) is 51.7 Å². The Morgan fingerprint density at radius 1 is 1.16 bits per heavy atom. The predicted molar refractivity (Wildman–Crippen MR) is 123 cm³/mol. The number of carbonyl (C=O) groups excluding carboxylic acids is 2. The number of fused-ring (bicyclic) bond motifs is 1. The highest BCUT2D eigenvalue weighted by atomic mass is 32.2. The summed E-state index contributed by atoms with van der Waals surface area (Å²) in [5, 5.41) is 12.1. The lowest BCUT2D eigenvalue weighted by atomic mass is 9.84. The molecule has 31 heavy (non-hydrogen) atoms. The number of nitrogens with zero attached hydrogens (tertiary/aromatic N) is 1. The fraction of sp³-hybridized carbons (Fsp3) is 0.609. The molecule has 1 aliphatic carbocycles. The van der Waals surface area contributed by atoms with Gasteiger partial charge in [-0.1, -0.05) is 37.5 Å². The van der Waals surface area contributed by atoms with Gasteiger partial charge in [0, 0.05) is 9.64 Å². The van der Waals surface area contributed by atoms with E-state index in [0.29, 0.717) is 0 Å². The average molecular weight is 463 g/mol. The SMILES string of the molecule is CC1(C)S[C@H]2N(C(=O)[C@]2(C)NC(=O)C(Sc2ccccc2)C2CCCCC2)[C@H]1C(=O)O. The molecule has 2 heterocycles. The summed E-state index contributed by atoms with van der Waals surface area (Å²) in [5.41, 5.74) is -1.08. The summed E-state index contributed by atoms with van der Waals surface area (Å²) >= 11 is 3.03. The van der Waals surface area contributed by atoms with Gasteiger partial charge in [-0.2, -0.15) is 0 Å². The number of β-lactam (4-membered cyclic amide) rings is 1. The Hall–Kier alpha value is -1.67. The third-order valence-electron chi connectivity index (χ3n) is 6.74. The van der Waals surface area contributed by atoms with Gasteiger partial charge < -0.3 is 15.3 Å². The van der Waals surface area contributed by atoms with Crippen LogP contribution < -0.4 is 5.32 Å². The summed E-state index contributed by atoms with van der Waals surface area (Å²) in [6.45, 7) is 5.44. The van der Waals surface area contributed by atoms with Crippen molar-refractivity contribution in [2.24, 2.45) is 5.92 Å². The zero-order chi connectivity index (χ0) is 22.4. The Bertz CT molecular complexity index is 872. The van der Waals surface area contributed by atoms with Crippen LogP contribution in [0.3, 0.4) is 0 Å². The minimum absolute atomic E-state index is 0.117. The summed E-state index contributed by atoms with van der Waals surface area (Å²) in [6.07, 6.45) is 5.49. The minimum atomic E-state index is -1.08. The van der Waals surface area contributed by atoms with Gasteiger partial charge in [-0.3, -0.25) is 9.59 Å². The Kier molecular flexibility index (Phi) is 6.07. The Labute approximate surface area is 191 Å². The van der Waals surface area contributed by atoms with Gasteiger partial charge in [0.15, 0.2) is 0 Å². The highest BCUT2D eigenvalue weighted by Crippen LogP contribution is 2.54. The molecule has 1 saturated carbocycles. The number of hydrogen-bond acceptors (Lipinski definition) is 5. The zero-order valence-corrected chi connectivity index (χ0v) is 19.8. The average Bonchev–Trinajstić information content (AvgIpc) is 3.02. The zero-order valence-electron chi connectivity index (χ0n) is 18.2. The number of amides is 2. The van der Waals surface area contributed by atoms with Crippen LogP contribution in [0.15, 0.2) is 35.2 Å². The molecular weight excluding hydrogens is 432 g/mol. The van der Waals surface area contributed by atoms with Crippen molar-refractivity contribution in [3.63, 3.8) is 0 Å². The highest BCUT2D eigenvalue weighted by molar-refractivity contribution is 8.01. The van der Waals surface area contributed by atoms with Crippen LogP contribution in [0.25, 0.3) is 0 Å². The van der Waals surface area contributed by atoms with Crippen LogP contribution in [0.5, 0.6) is 0 Å². The van der Waals surface area contributed by atoms with Gasteiger partial charge in [-0.25, -0.2) is 4.79 Å². The lowest BCUT2D eigenvalue weighted by Crippen LogP contribution is -2.78. The number of benzene rings is 1. The van der Waals surface area contributed by atoms with Gasteiger partial charge in [0.25, 0.3) is 5.91 Å². The first-order valence-electron chi connectivity index (χ1n) is 10.9. The molecule has 8 heteroatoms. The number of carboxylic acids is 1. The normalized spacial score (nSPS) is 30.9. The van der Waals surface area contributed by atoms with E-state index in [1.165, 1.54) is 23.1 Å². The lowest BCUT2D eigenvalue weighted by molar-refractivity contribution is -0.167. The summed E-state index contributed by atoms with van der Waals surface area (Å²) in [4.78, 5) is 40.9. The van der Waals surface area contributed by atoms with Crippen LogP contribution in [-0.4, -0.2) is 54.7 Å². The quantitative estimate of drug-likeness (QED) is 0.495. The molecule has 0 radical (unpaired) electrons. The van der Waals surface area contributed by atoms with E-state index in [9.17, 15) is 19.5 Å². The number of thioether (sulfide) groups is 2. The summed E-state index contributed by atoms with van der Waals surface area (Å²) in [7, 11) is 0. The van der Waals surface area contributed by atoms with Gasteiger partial charge in [0.05, 0.1) is 5.25 Å². The van der Waals surface area contributed by atoms with Crippen molar-refractivity contribution in [3.05, 3.63) is 30.3 Å². The first kappa shape index (κ1) is 22.5. The highest BCUT2D eigenvalue weighted by Gasteiger charge is 2.70. The molecule has 2 amide bonds. The van der Waals surface area contributed by atoms with Gasteiger partial charge in [0.1, 0.15) is 17.0 Å². The number of carboxylic acid groups (broad SMARTS) is 1. The van der Waals surface area contributed by atoms with Crippen LogP contribution in [0.1, 0.15) is 52.9 Å². The standard InChI is InChI=1S/C23H30N2O4S2/c1-22(2)17(19(27)28)25-20(29)23(3,21(25)31-22)24-18(26)16(14-10-6-4-7-11-14)30-15-12-8-5-9-13-15/h5,8-9,12-14,16-17,21H,4,6-7,10-11H2,1-3H3,(H,24,26)(H,27,28)/t16?,17-,21+,23-/m0/s1. The maximum atomic E-state index is 13.5. The van der Waals surface area contributed by atoms with E-state index in [-0.39, 0.29) is 28.4 Å². The van der Waals surface area contributed by atoms with Crippen LogP contribution in [-0.2, 0) is 14.4 Å². The molecule has 2 saturated heterocycles. The molecule has 0 bridgehead atoms. The van der Waals surface area contributed by atoms with Crippen molar-refractivity contribution in [1.82, 2.24) is 10.2 Å². The molecule has 4 rings (SSSR count). The number of carbonyl (C=O) groups is 3. The smallest absolute Gasteiger partial charge is 0.327 e. The number of hydrogen-bond donors (Lipinski definition) is 2. The third-order valence-corrected chi connectivity index (χ3v) is 9.89. The fourth-order valence-corrected chi connectivity index (χ4v) is 7.99. The molecule has 3 aliphatic rings. The fourth-order valence-electron chi connectivity index (χ4n) is 5.11. The van der Waals surface area contributed by atoms with Crippen LogP contribution in [0.2, 0.25) is 0 Å². The van der Waals surface area contributed by atoms with Crippen LogP contribution in [0, 0.1) is 5.92 Å². The second-order valence-corrected chi connectivity index (χ2v) is 12.4. The predicted octanol–water partition coefficient (Wildman–Crippen LogP) is 3.75. The van der Waals surface area contributed by atoms with Crippen molar-refractivity contribution in [2.45, 2.75) is 84.7 Å². The van der Waals surface area contributed by atoms with E-state index in [1.54, 1.807) is 18.7 Å². The first-order chi connectivity index (χ1) is 14.6. The van der Waals surface area contributed by atoms with E-state index in [1.807, 2.05) is 44.2 Å². The topological polar surface area (TPSA) is 86.7 Å². The van der Waals surface area contributed by atoms with Crippen molar-refractivity contribution >= 4 is 41.3 Å². The molecule has 1 unspecified atom stereocenters. The van der Waals surface area contributed by atoms with Crippen LogP contribution in [0.4, 0.5) is 0 Å². The Balaban J connectivity index is 1.54. The largest absolute Gasteiger partial charge is 0.480 e. The molecule has 168 valence electrons. The van der Waals surface area contributed by atoms with Crippen molar-refractivity contribution in [1.29, 1.82) is 0 Å². The summed E-state index contributed by atoms with van der Waals surface area (Å²) in [5.74, 6) is -1.15. The van der Waals surface area contributed by atoms with Crippen molar-refractivity contribution in [2.75, 3.05) is 0 Å². The molecule has 6 nitrogen and oxygen atoms in total. The summed E-state index contributed by atoms with van der Waals surface area (Å²) in [6, 6.07) is 9.04.